The largest absolute Gasteiger partial charge is 0.483 e. The van der Waals surface area contributed by atoms with Gasteiger partial charge in [0.2, 0.25) is 0 Å². The molecule has 166 valence electrons. The van der Waals surface area contributed by atoms with Crippen LogP contribution in [0, 0.1) is 0 Å². The number of hydrogen-bond acceptors (Lipinski definition) is 9. The summed E-state index contributed by atoms with van der Waals surface area (Å²) in [5, 5.41) is 25.5. The lowest BCUT2D eigenvalue weighted by Gasteiger charge is -2.17. The van der Waals surface area contributed by atoms with Crippen LogP contribution < -0.4 is 0 Å². The molecular formula is C14H35NO10P2. The Labute approximate surface area is 161 Å². The molecule has 0 rings (SSSR count). The first-order valence-corrected chi connectivity index (χ1v) is 11.9. The Morgan fingerprint density at radius 1 is 0.778 bits per heavy atom. The van der Waals surface area contributed by atoms with Crippen LogP contribution in [0.2, 0.25) is 0 Å². The van der Waals surface area contributed by atoms with Crippen LogP contribution in [0.1, 0.15) is 39.5 Å². The van der Waals surface area contributed by atoms with Gasteiger partial charge in [0.15, 0.2) is 0 Å². The van der Waals surface area contributed by atoms with Gasteiger partial charge in [-0.25, -0.2) is 9.13 Å². The summed E-state index contributed by atoms with van der Waals surface area (Å²) in [6.07, 6.45) is 2.80. The van der Waals surface area contributed by atoms with Crippen LogP contribution in [0.5, 0.6) is 0 Å². The van der Waals surface area contributed by atoms with Crippen molar-refractivity contribution >= 4 is 15.6 Å². The summed E-state index contributed by atoms with van der Waals surface area (Å²) in [4.78, 5) is 19.0. The van der Waals surface area contributed by atoms with Crippen molar-refractivity contribution in [2.75, 3.05) is 52.7 Å². The third-order valence-corrected chi connectivity index (χ3v) is 5.60. The standard InChI is InChI=1S/C8H20O7P2.C6H15NO3/c1-3-5-7-13-17(12,14-8-6-4-2)15-16(9,10)11;8-4-1-7(2-5-9)3-6-10/h3-8H2,1-2H3,(H2,9,10,11);8-10H,1-6H2. The highest BCUT2D eigenvalue weighted by Crippen LogP contribution is 2.61. The molecule has 0 amide bonds. The smallest absolute Gasteiger partial charge is 0.395 e. The van der Waals surface area contributed by atoms with E-state index in [0.717, 1.165) is 12.8 Å². The molecule has 0 aromatic carbocycles. The van der Waals surface area contributed by atoms with Crippen LogP contribution >= 0.6 is 15.6 Å². The van der Waals surface area contributed by atoms with Gasteiger partial charge in [-0.2, -0.15) is 4.31 Å². The molecule has 0 aromatic rings. The molecule has 0 unspecified atom stereocenters. The second-order valence-electron chi connectivity index (χ2n) is 5.41. The van der Waals surface area contributed by atoms with E-state index in [1.807, 2.05) is 13.8 Å². The number of rotatable bonds is 16. The normalized spacial score (nSPS) is 12.1. The van der Waals surface area contributed by atoms with Crippen molar-refractivity contribution in [1.29, 1.82) is 0 Å². The molecule has 0 aromatic heterocycles. The highest BCUT2D eigenvalue weighted by atomic mass is 31.3. The average Bonchev–Trinajstić information content (AvgIpc) is 2.55. The molecule has 11 nitrogen and oxygen atoms in total. The first-order chi connectivity index (χ1) is 12.7. The Bertz CT molecular complexity index is 392. The number of aliphatic hydroxyl groups excluding tert-OH is 3. The van der Waals surface area contributed by atoms with E-state index in [2.05, 4.69) is 4.31 Å². The van der Waals surface area contributed by atoms with Crippen molar-refractivity contribution in [3.8, 4) is 0 Å². The maximum atomic E-state index is 11.8. The van der Waals surface area contributed by atoms with Gasteiger partial charge < -0.3 is 25.1 Å². The third-order valence-electron chi connectivity index (χ3n) is 2.95. The van der Waals surface area contributed by atoms with Gasteiger partial charge in [0.25, 0.3) is 0 Å². The topological polar surface area (TPSA) is 166 Å². The highest BCUT2D eigenvalue weighted by molar-refractivity contribution is 7.61. The minimum atomic E-state index is -4.90. The molecule has 0 saturated heterocycles. The summed E-state index contributed by atoms with van der Waals surface area (Å²) in [7, 11) is -9.06. The maximum Gasteiger partial charge on any atom is 0.483 e. The van der Waals surface area contributed by atoms with Gasteiger partial charge >= 0.3 is 15.6 Å². The quantitative estimate of drug-likeness (QED) is 0.173. The number of phosphoric ester groups is 1. The SMILES string of the molecule is CCCCOP(=O)(OCCCC)OP(=O)(O)O.OCCN(CCO)CCO. The van der Waals surface area contributed by atoms with Gasteiger partial charge in [0.1, 0.15) is 0 Å². The Hall–Kier alpha value is 0.100. The number of nitrogens with zero attached hydrogens (tertiary/aromatic N) is 1. The summed E-state index contributed by atoms with van der Waals surface area (Å²) in [5.74, 6) is 0. The second kappa shape index (κ2) is 18.1. The summed E-state index contributed by atoms with van der Waals surface area (Å²) < 4.78 is 36.2. The Morgan fingerprint density at radius 3 is 1.41 bits per heavy atom. The molecule has 0 spiro atoms. The molecule has 0 radical (unpaired) electrons. The minimum Gasteiger partial charge on any atom is -0.395 e. The van der Waals surface area contributed by atoms with E-state index in [1.54, 1.807) is 4.90 Å². The van der Waals surface area contributed by atoms with Crippen LogP contribution in [0.25, 0.3) is 0 Å². The van der Waals surface area contributed by atoms with Crippen molar-refractivity contribution in [2.45, 2.75) is 39.5 Å². The van der Waals surface area contributed by atoms with Crippen molar-refractivity contribution in [3.05, 3.63) is 0 Å². The molecule has 0 atom stereocenters. The fourth-order valence-electron chi connectivity index (χ4n) is 1.62. The van der Waals surface area contributed by atoms with Crippen molar-refractivity contribution < 1.29 is 47.6 Å². The first kappa shape index (κ1) is 29.3. The monoisotopic (exact) mass is 439 g/mol. The molecule has 0 aliphatic heterocycles. The molecule has 0 bridgehead atoms. The predicted octanol–water partition coefficient (Wildman–Crippen LogP) is 1.10. The molecule has 0 fully saturated rings. The van der Waals surface area contributed by atoms with Gasteiger partial charge in [0.05, 0.1) is 33.0 Å². The average molecular weight is 439 g/mol. The molecule has 0 heterocycles. The molecule has 27 heavy (non-hydrogen) atoms. The second-order valence-corrected chi connectivity index (χ2v) is 8.45. The lowest BCUT2D eigenvalue weighted by molar-refractivity contribution is 0.135. The number of phosphoric acid groups is 2. The fraction of sp³-hybridized carbons (Fsp3) is 1.00. The lowest BCUT2D eigenvalue weighted by Crippen LogP contribution is -2.32. The molecule has 13 heteroatoms. The van der Waals surface area contributed by atoms with Crippen molar-refractivity contribution in [1.82, 2.24) is 4.90 Å². The molecular weight excluding hydrogens is 404 g/mol. The number of aliphatic hydroxyl groups is 3. The van der Waals surface area contributed by atoms with Gasteiger partial charge in [-0.3, -0.25) is 13.9 Å². The zero-order valence-corrected chi connectivity index (χ0v) is 17.9. The van der Waals surface area contributed by atoms with Gasteiger partial charge in [-0.15, -0.1) is 0 Å². The van der Waals surface area contributed by atoms with E-state index >= 15 is 0 Å². The van der Waals surface area contributed by atoms with Crippen molar-refractivity contribution in [3.63, 3.8) is 0 Å². The minimum absolute atomic E-state index is 0.0693. The van der Waals surface area contributed by atoms with Crippen molar-refractivity contribution in [2.24, 2.45) is 0 Å². The molecule has 0 saturated carbocycles. The van der Waals surface area contributed by atoms with E-state index in [-0.39, 0.29) is 33.0 Å². The summed E-state index contributed by atoms with van der Waals surface area (Å²) >= 11 is 0. The summed E-state index contributed by atoms with van der Waals surface area (Å²) in [6.45, 7) is 5.69. The van der Waals surface area contributed by atoms with Gasteiger partial charge in [-0.1, -0.05) is 26.7 Å². The number of hydrogen-bond donors (Lipinski definition) is 5. The van der Waals surface area contributed by atoms with Crippen LogP contribution in [0.15, 0.2) is 0 Å². The van der Waals surface area contributed by atoms with E-state index in [4.69, 9.17) is 34.2 Å². The maximum absolute atomic E-state index is 11.8. The Kier molecular flexibility index (Phi) is 19.7. The Balaban J connectivity index is 0. The molecule has 0 aliphatic rings. The van der Waals surface area contributed by atoms with E-state index < -0.39 is 15.6 Å². The first-order valence-electron chi connectivity index (χ1n) is 8.88. The third kappa shape index (κ3) is 20.6. The fourth-order valence-corrected chi connectivity index (χ4v) is 3.81. The van der Waals surface area contributed by atoms with E-state index in [0.29, 0.717) is 32.5 Å². The van der Waals surface area contributed by atoms with Gasteiger partial charge in [0, 0.05) is 19.6 Å². The van der Waals surface area contributed by atoms with Crippen LogP contribution in [0.3, 0.4) is 0 Å². The zero-order chi connectivity index (χ0) is 21.2. The lowest BCUT2D eigenvalue weighted by atomic mass is 10.4. The highest BCUT2D eigenvalue weighted by Gasteiger charge is 2.35. The zero-order valence-electron chi connectivity index (χ0n) is 16.1. The molecule has 5 N–H and O–H groups in total. The summed E-state index contributed by atoms with van der Waals surface area (Å²) in [6, 6.07) is 0. The van der Waals surface area contributed by atoms with E-state index in [9.17, 15) is 9.13 Å². The molecule has 0 aliphatic carbocycles. The summed E-state index contributed by atoms with van der Waals surface area (Å²) in [5.41, 5.74) is 0. The Morgan fingerprint density at radius 2 is 1.15 bits per heavy atom. The number of unbranched alkanes of at least 4 members (excludes halogenated alkanes) is 2. The predicted molar refractivity (Wildman–Crippen MR) is 100 cm³/mol. The van der Waals surface area contributed by atoms with Gasteiger partial charge in [-0.05, 0) is 12.8 Å². The van der Waals surface area contributed by atoms with Crippen LogP contribution in [-0.2, 0) is 22.5 Å². The van der Waals surface area contributed by atoms with Crippen LogP contribution in [0.4, 0.5) is 0 Å². The van der Waals surface area contributed by atoms with Crippen LogP contribution in [-0.4, -0.2) is 82.7 Å². The van der Waals surface area contributed by atoms with E-state index in [1.165, 1.54) is 0 Å².